The molecule has 0 bridgehead atoms. The van der Waals surface area contributed by atoms with Crippen molar-refractivity contribution in [3.05, 3.63) is 0 Å². The van der Waals surface area contributed by atoms with Gasteiger partial charge in [0, 0.05) is 13.1 Å². The lowest BCUT2D eigenvalue weighted by molar-refractivity contribution is 0.240. The van der Waals surface area contributed by atoms with Crippen molar-refractivity contribution in [2.75, 3.05) is 33.7 Å². The van der Waals surface area contributed by atoms with Crippen LogP contribution in [-0.4, -0.2) is 38.6 Å². The third-order valence-electron chi connectivity index (χ3n) is 2.16. The Balaban J connectivity index is 0.000000561. The smallest absolute Gasteiger partial charge is 0.00419 e. The van der Waals surface area contributed by atoms with Crippen LogP contribution in [0.5, 0.6) is 0 Å². The number of hydrogen-bond acceptors (Lipinski definition) is 2. The van der Waals surface area contributed by atoms with Gasteiger partial charge in [0.05, 0.1) is 0 Å². The Kier molecular flexibility index (Phi) is 5.51. The summed E-state index contributed by atoms with van der Waals surface area (Å²) in [6.07, 6.45) is 1.32. The molecule has 0 saturated carbocycles. The summed E-state index contributed by atoms with van der Waals surface area (Å²) in [5, 5.41) is 3.39. The van der Waals surface area contributed by atoms with E-state index < -0.39 is 0 Å². The molecule has 0 amide bonds. The molecule has 2 heteroatoms. The zero-order valence-electron chi connectivity index (χ0n) is 9.28. The van der Waals surface area contributed by atoms with Crippen LogP contribution in [0.15, 0.2) is 0 Å². The summed E-state index contributed by atoms with van der Waals surface area (Å²) in [5.41, 5.74) is 0.531. The highest BCUT2D eigenvalue weighted by molar-refractivity contribution is 4.85. The summed E-state index contributed by atoms with van der Waals surface area (Å²) in [4.78, 5) is 2.27. The molecule has 0 spiro atoms. The van der Waals surface area contributed by atoms with Gasteiger partial charge in [-0.25, -0.2) is 0 Å². The summed E-state index contributed by atoms with van der Waals surface area (Å²) in [7, 11) is 4.28. The van der Waals surface area contributed by atoms with Gasteiger partial charge in [0.25, 0.3) is 0 Å². The molecule has 2 nitrogen and oxygen atoms in total. The van der Waals surface area contributed by atoms with E-state index >= 15 is 0 Å². The van der Waals surface area contributed by atoms with Crippen molar-refractivity contribution < 1.29 is 0 Å². The molecule has 0 radical (unpaired) electrons. The van der Waals surface area contributed by atoms with Crippen LogP contribution in [0, 0.1) is 5.41 Å². The van der Waals surface area contributed by atoms with Crippen molar-refractivity contribution in [1.29, 1.82) is 0 Å². The van der Waals surface area contributed by atoms with E-state index in [-0.39, 0.29) is 0 Å². The molecular weight excluding hydrogens is 148 g/mol. The van der Waals surface area contributed by atoms with E-state index in [1.54, 1.807) is 0 Å². The molecule has 1 aliphatic rings. The SMILES string of the molecule is CC.CN(C)CC1(C)CCNC1. The zero-order chi connectivity index (χ0) is 9.61. The molecule has 0 aliphatic carbocycles. The summed E-state index contributed by atoms with van der Waals surface area (Å²) in [6, 6.07) is 0. The summed E-state index contributed by atoms with van der Waals surface area (Å²) >= 11 is 0. The Hall–Kier alpha value is -0.0800. The molecule has 1 saturated heterocycles. The Morgan fingerprint density at radius 3 is 2.25 bits per heavy atom. The van der Waals surface area contributed by atoms with Crippen molar-refractivity contribution in [3.8, 4) is 0 Å². The van der Waals surface area contributed by atoms with Gasteiger partial charge in [-0.2, -0.15) is 0 Å². The topological polar surface area (TPSA) is 15.3 Å². The maximum Gasteiger partial charge on any atom is 0.00419 e. The lowest BCUT2D eigenvalue weighted by Gasteiger charge is -2.26. The second-order valence-electron chi connectivity index (χ2n) is 3.98. The lowest BCUT2D eigenvalue weighted by Crippen LogP contribution is -2.32. The van der Waals surface area contributed by atoms with Crippen LogP contribution in [0.1, 0.15) is 27.2 Å². The molecule has 74 valence electrons. The first-order valence-corrected chi connectivity index (χ1v) is 4.98. The van der Waals surface area contributed by atoms with Crippen molar-refractivity contribution >= 4 is 0 Å². The summed E-state index contributed by atoms with van der Waals surface area (Å²) in [5.74, 6) is 0. The minimum Gasteiger partial charge on any atom is -0.316 e. The highest BCUT2D eigenvalue weighted by Gasteiger charge is 2.28. The fourth-order valence-electron chi connectivity index (χ4n) is 1.77. The second kappa shape index (κ2) is 5.55. The summed E-state index contributed by atoms with van der Waals surface area (Å²) < 4.78 is 0. The van der Waals surface area contributed by atoms with Crippen LogP contribution in [0.25, 0.3) is 0 Å². The standard InChI is InChI=1S/C8H18N2.C2H6/c1-8(7-10(2)3)4-5-9-6-8;1-2/h9H,4-7H2,1-3H3;1-2H3. The fourth-order valence-corrected chi connectivity index (χ4v) is 1.77. The Morgan fingerprint density at radius 1 is 1.33 bits per heavy atom. The number of hydrogen-bond donors (Lipinski definition) is 1. The van der Waals surface area contributed by atoms with Crippen LogP contribution in [0.2, 0.25) is 0 Å². The average Bonchev–Trinajstić information content (AvgIpc) is 2.38. The highest BCUT2D eigenvalue weighted by Crippen LogP contribution is 2.24. The molecule has 0 aromatic rings. The van der Waals surface area contributed by atoms with Gasteiger partial charge in [-0.3, -0.25) is 0 Å². The number of rotatable bonds is 2. The van der Waals surface area contributed by atoms with Gasteiger partial charge < -0.3 is 10.2 Å². The fraction of sp³-hybridized carbons (Fsp3) is 1.00. The Morgan fingerprint density at radius 2 is 1.92 bits per heavy atom. The molecule has 0 aromatic carbocycles. The first kappa shape index (κ1) is 11.9. The first-order valence-electron chi connectivity index (χ1n) is 4.98. The minimum absolute atomic E-state index is 0.531. The average molecular weight is 172 g/mol. The van der Waals surface area contributed by atoms with E-state index in [2.05, 4.69) is 31.2 Å². The van der Waals surface area contributed by atoms with Crippen LogP contribution in [0.4, 0.5) is 0 Å². The lowest BCUT2D eigenvalue weighted by atomic mass is 9.89. The van der Waals surface area contributed by atoms with Gasteiger partial charge in [-0.15, -0.1) is 0 Å². The van der Waals surface area contributed by atoms with Crippen LogP contribution < -0.4 is 5.32 Å². The molecule has 0 aromatic heterocycles. The number of nitrogens with one attached hydrogen (secondary N) is 1. The molecule has 1 heterocycles. The van der Waals surface area contributed by atoms with Gasteiger partial charge >= 0.3 is 0 Å². The monoisotopic (exact) mass is 172 g/mol. The van der Waals surface area contributed by atoms with E-state index in [1.807, 2.05) is 13.8 Å². The summed E-state index contributed by atoms with van der Waals surface area (Å²) in [6.45, 7) is 9.95. The largest absolute Gasteiger partial charge is 0.316 e. The Labute approximate surface area is 77.3 Å². The van der Waals surface area contributed by atoms with E-state index in [1.165, 1.54) is 26.1 Å². The molecule has 1 atom stereocenters. The van der Waals surface area contributed by atoms with Gasteiger partial charge in [-0.1, -0.05) is 20.8 Å². The number of nitrogens with zero attached hydrogens (tertiary/aromatic N) is 1. The molecule has 1 N–H and O–H groups in total. The normalized spacial score (nSPS) is 28.5. The third kappa shape index (κ3) is 4.07. The third-order valence-corrected chi connectivity index (χ3v) is 2.16. The molecule has 1 unspecified atom stereocenters. The molecular formula is C10H24N2. The van der Waals surface area contributed by atoms with E-state index in [0.717, 1.165) is 0 Å². The van der Waals surface area contributed by atoms with Crippen LogP contribution >= 0.6 is 0 Å². The quantitative estimate of drug-likeness (QED) is 0.680. The first-order chi connectivity index (χ1) is 5.62. The predicted octanol–water partition coefficient (Wildman–Crippen LogP) is 1.57. The van der Waals surface area contributed by atoms with Crippen molar-refractivity contribution in [2.24, 2.45) is 5.41 Å². The van der Waals surface area contributed by atoms with Crippen molar-refractivity contribution in [2.45, 2.75) is 27.2 Å². The molecule has 1 aliphatic heterocycles. The minimum atomic E-state index is 0.531. The van der Waals surface area contributed by atoms with Crippen molar-refractivity contribution in [3.63, 3.8) is 0 Å². The zero-order valence-corrected chi connectivity index (χ0v) is 9.28. The maximum atomic E-state index is 3.39. The van der Waals surface area contributed by atoms with Crippen LogP contribution in [-0.2, 0) is 0 Å². The molecule has 1 fully saturated rings. The van der Waals surface area contributed by atoms with E-state index in [0.29, 0.717) is 5.41 Å². The maximum absolute atomic E-state index is 3.39. The Bertz CT molecular complexity index is 104. The molecule has 1 rings (SSSR count). The predicted molar refractivity (Wildman–Crippen MR) is 55.5 cm³/mol. The van der Waals surface area contributed by atoms with Crippen LogP contribution in [0.3, 0.4) is 0 Å². The second-order valence-corrected chi connectivity index (χ2v) is 3.98. The highest BCUT2D eigenvalue weighted by atomic mass is 15.1. The van der Waals surface area contributed by atoms with E-state index in [9.17, 15) is 0 Å². The van der Waals surface area contributed by atoms with Gasteiger partial charge in [0.1, 0.15) is 0 Å². The van der Waals surface area contributed by atoms with Crippen molar-refractivity contribution in [1.82, 2.24) is 10.2 Å². The molecule has 12 heavy (non-hydrogen) atoms. The van der Waals surface area contributed by atoms with E-state index in [4.69, 9.17) is 0 Å². The van der Waals surface area contributed by atoms with Gasteiger partial charge in [-0.05, 0) is 32.5 Å². The van der Waals surface area contributed by atoms with Gasteiger partial charge in [0.15, 0.2) is 0 Å². The van der Waals surface area contributed by atoms with Gasteiger partial charge in [0.2, 0.25) is 0 Å².